The van der Waals surface area contributed by atoms with Crippen molar-refractivity contribution in [2.24, 2.45) is 0 Å². The quantitative estimate of drug-likeness (QED) is 0.695. The lowest BCUT2D eigenvalue weighted by molar-refractivity contribution is 0.0698. The van der Waals surface area contributed by atoms with E-state index in [0.717, 1.165) is 0 Å². The summed E-state index contributed by atoms with van der Waals surface area (Å²) in [6.07, 6.45) is 0. The molecule has 0 aliphatic carbocycles. The maximum atomic E-state index is 11.6. The third kappa shape index (κ3) is 3.49. The predicted molar refractivity (Wildman–Crippen MR) is 88.9 cm³/mol. The highest BCUT2D eigenvalue weighted by Gasteiger charge is 2.24. The topological polar surface area (TPSA) is 117 Å². The minimum absolute atomic E-state index is 0.0453. The van der Waals surface area contributed by atoms with Crippen LogP contribution in [-0.4, -0.2) is 60.5 Å². The van der Waals surface area contributed by atoms with Crippen molar-refractivity contribution in [1.29, 1.82) is 0 Å². The molecular formula is C16H18N4O5. The average molecular weight is 346 g/mol. The molecule has 3 N–H and O–H groups in total. The molecule has 1 aliphatic rings. The molecule has 3 rings (SSSR count). The lowest BCUT2D eigenvalue weighted by Gasteiger charge is -2.13. The van der Waals surface area contributed by atoms with E-state index in [0.29, 0.717) is 37.5 Å². The Morgan fingerprint density at radius 1 is 1.44 bits per heavy atom. The molecule has 0 unspecified atom stereocenters. The zero-order chi connectivity index (χ0) is 17.8. The maximum Gasteiger partial charge on any atom is 0.343 e. The van der Waals surface area contributed by atoms with Crippen molar-refractivity contribution in [3.8, 4) is 17.1 Å². The van der Waals surface area contributed by atoms with Crippen molar-refractivity contribution in [2.45, 2.75) is 0 Å². The molecule has 2 heterocycles. The number of nitrogens with one attached hydrogen (secondary N) is 2. The fraction of sp³-hybridized carbons (Fsp3) is 0.312. The first-order valence-electron chi connectivity index (χ1n) is 7.74. The minimum Gasteiger partial charge on any atom is -0.497 e. The Bertz CT molecular complexity index is 771. The van der Waals surface area contributed by atoms with E-state index in [1.165, 1.54) is 0 Å². The lowest BCUT2D eigenvalue weighted by atomic mass is 10.1. The highest BCUT2D eigenvalue weighted by Crippen LogP contribution is 2.30. The van der Waals surface area contributed by atoms with Crippen LogP contribution >= 0.6 is 0 Å². The first-order chi connectivity index (χ1) is 12.1. The number of benzene rings is 1. The van der Waals surface area contributed by atoms with Gasteiger partial charge in [0.15, 0.2) is 17.1 Å². The van der Waals surface area contributed by atoms with Crippen molar-refractivity contribution >= 4 is 17.8 Å². The van der Waals surface area contributed by atoms with Gasteiger partial charge < -0.3 is 29.9 Å². The van der Waals surface area contributed by atoms with Gasteiger partial charge in [0.05, 0.1) is 7.11 Å². The van der Waals surface area contributed by atoms with Gasteiger partial charge in [-0.2, -0.15) is 0 Å². The molecule has 1 saturated heterocycles. The molecule has 0 atom stereocenters. The van der Waals surface area contributed by atoms with Crippen LogP contribution in [0.3, 0.4) is 0 Å². The third-order valence-corrected chi connectivity index (χ3v) is 3.88. The Morgan fingerprint density at radius 2 is 2.20 bits per heavy atom. The zero-order valence-electron chi connectivity index (χ0n) is 13.6. The summed E-state index contributed by atoms with van der Waals surface area (Å²) in [5.74, 6) is -0.189. The number of hydrogen-bond donors (Lipinski definition) is 3. The van der Waals surface area contributed by atoms with Crippen LogP contribution < -0.4 is 15.4 Å². The summed E-state index contributed by atoms with van der Waals surface area (Å²) >= 11 is 0. The van der Waals surface area contributed by atoms with Gasteiger partial charge in [0.1, 0.15) is 5.75 Å². The van der Waals surface area contributed by atoms with Crippen LogP contribution in [0.4, 0.5) is 10.6 Å². The van der Waals surface area contributed by atoms with Crippen molar-refractivity contribution in [2.75, 3.05) is 38.6 Å². The normalized spacial score (nSPS) is 13.6. The Morgan fingerprint density at radius 3 is 2.80 bits per heavy atom. The average Bonchev–Trinajstić information content (AvgIpc) is 3.22. The van der Waals surface area contributed by atoms with Gasteiger partial charge in [-0.15, -0.1) is 0 Å². The second kappa shape index (κ2) is 7.12. The number of nitrogens with zero attached hydrogens (tertiary/aromatic N) is 2. The molecule has 132 valence electrons. The van der Waals surface area contributed by atoms with Crippen molar-refractivity contribution < 1.29 is 24.0 Å². The number of aromatic carboxylic acids is 1. The fourth-order valence-corrected chi connectivity index (χ4v) is 2.58. The number of hydrogen-bond acceptors (Lipinski definition) is 6. The summed E-state index contributed by atoms with van der Waals surface area (Å²) in [4.78, 5) is 24.8. The van der Waals surface area contributed by atoms with Gasteiger partial charge >= 0.3 is 12.0 Å². The second-order valence-corrected chi connectivity index (χ2v) is 5.41. The zero-order valence-corrected chi connectivity index (χ0v) is 13.6. The number of carboxylic acids is 1. The summed E-state index contributed by atoms with van der Waals surface area (Å²) in [6.45, 7) is 2.05. The molecule has 9 nitrogen and oxygen atoms in total. The van der Waals surface area contributed by atoms with Crippen molar-refractivity contribution in [3.05, 3.63) is 29.8 Å². The van der Waals surface area contributed by atoms with E-state index in [9.17, 15) is 14.7 Å². The molecule has 0 radical (unpaired) electrons. The van der Waals surface area contributed by atoms with Crippen LogP contribution in [0.15, 0.2) is 28.8 Å². The van der Waals surface area contributed by atoms with E-state index in [1.807, 2.05) is 0 Å². The molecule has 1 aromatic heterocycles. The number of carboxylic acid groups (broad SMARTS) is 1. The lowest BCUT2D eigenvalue weighted by Crippen LogP contribution is -2.32. The number of aromatic nitrogens is 1. The molecule has 1 fully saturated rings. The second-order valence-electron chi connectivity index (χ2n) is 5.41. The van der Waals surface area contributed by atoms with Gasteiger partial charge in [-0.1, -0.05) is 5.16 Å². The molecule has 1 aromatic carbocycles. The van der Waals surface area contributed by atoms with Crippen LogP contribution in [0.25, 0.3) is 11.3 Å². The Kier molecular flexibility index (Phi) is 4.73. The van der Waals surface area contributed by atoms with Gasteiger partial charge in [0.25, 0.3) is 0 Å². The van der Waals surface area contributed by atoms with Crippen LogP contribution in [0.1, 0.15) is 10.4 Å². The van der Waals surface area contributed by atoms with E-state index in [2.05, 4.69) is 15.8 Å². The summed E-state index contributed by atoms with van der Waals surface area (Å²) < 4.78 is 10.3. The molecule has 9 heteroatoms. The number of carbonyl (C=O) groups is 2. The summed E-state index contributed by atoms with van der Waals surface area (Å²) in [5.41, 5.74) is 0.536. The van der Waals surface area contributed by atoms with Crippen LogP contribution in [0.2, 0.25) is 0 Å². The molecule has 0 spiro atoms. The number of amides is 2. The first kappa shape index (κ1) is 16.6. The molecule has 0 saturated carbocycles. The van der Waals surface area contributed by atoms with E-state index in [1.54, 1.807) is 36.3 Å². The minimum atomic E-state index is -1.14. The molecule has 25 heavy (non-hydrogen) atoms. The highest BCUT2D eigenvalue weighted by atomic mass is 16.5. The standard InChI is InChI=1S/C16H18N4O5/c1-24-11-4-2-10(3-5-11)13-12(15(21)22)14(19-25-13)17-6-8-20-9-7-18-16(20)23/h2-5H,6-9H2,1H3,(H,17,19)(H,18,23)(H,21,22). The number of anilines is 1. The van der Waals surface area contributed by atoms with Gasteiger partial charge in [0.2, 0.25) is 0 Å². The van der Waals surface area contributed by atoms with Gasteiger partial charge in [-0.25, -0.2) is 9.59 Å². The number of methoxy groups -OCH3 is 1. The third-order valence-electron chi connectivity index (χ3n) is 3.88. The molecular weight excluding hydrogens is 328 g/mol. The largest absolute Gasteiger partial charge is 0.497 e. The SMILES string of the molecule is COc1ccc(-c2onc(NCCN3CCNC3=O)c2C(=O)O)cc1. The van der Waals surface area contributed by atoms with Gasteiger partial charge in [-0.05, 0) is 24.3 Å². The van der Waals surface area contributed by atoms with E-state index in [4.69, 9.17) is 9.26 Å². The molecule has 0 bridgehead atoms. The van der Waals surface area contributed by atoms with Crippen LogP contribution in [-0.2, 0) is 0 Å². The van der Waals surface area contributed by atoms with E-state index < -0.39 is 5.97 Å². The van der Waals surface area contributed by atoms with Crippen molar-refractivity contribution in [1.82, 2.24) is 15.4 Å². The van der Waals surface area contributed by atoms with Crippen LogP contribution in [0.5, 0.6) is 5.75 Å². The summed E-state index contributed by atoms with van der Waals surface area (Å²) in [6, 6.07) is 6.69. The number of ether oxygens (including phenoxy) is 1. The Labute approximate surface area is 143 Å². The summed E-state index contributed by atoms with van der Waals surface area (Å²) in [7, 11) is 1.55. The van der Waals surface area contributed by atoms with Gasteiger partial charge in [-0.3, -0.25) is 0 Å². The first-order valence-corrected chi connectivity index (χ1v) is 7.74. The predicted octanol–water partition coefficient (Wildman–Crippen LogP) is 1.49. The van der Waals surface area contributed by atoms with Gasteiger partial charge in [0, 0.05) is 31.7 Å². The Balaban J connectivity index is 1.74. The fourth-order valence-electron chi connectivity index (χ4n) is 2.58. The molecule has 1 aliphatic heterocycles. The van der Waals surface area contributed by atoms with Crippen molar-refractivity contribution in [3.63, 3.8) is 0 Å². The number of carbonyl (C=O) groups excluding carboxylic acids is 1. The summed E-state index contributed by atoms with van der Waals surface area (Å²) in [5, 5.41) is 19.0. The smallest absolute Gasteiger partial charge is 0.343 e. The highest BCUT2D eigenvalue weighted by molar-refractivity contribution is 5.99. The molecule has 2 aromatic rings. The van der Waals surface area contributed by atoms with E-state index in [-0.39, 0.29) is 23.2 Å². The molecule has 2 amide bonds. The number of rotatable bonds is 7. The van der Waals surface area contributed by atoms with Crippen LogP contribution in [0, 0.1) is 0 Å². The maximum absolute atomic E-state index is 11.6. The number of urea groups is 1. The Hall–Kier alpha value is -3.23. The van der Waals surface area contributed by atoms with E-state index >= 15 is 0 Å². The monoisotopic (exact) mass is 346 g/mol.